The fourth-order valence-corrected chi connectivity index (χ4v) is 4.30. The van der Waals surface area contributed by atoms with Crippen molar-refractivity contribution in [3.05, 3.63) is 65.0 Å². The fraction of sp³-hybridized carbons (Fsp3) is 0.261. The number of amides is 1. The van der Waals surface area contributed by atoms with Crippen LogP contribution in [0.25, 0.3) is 15.5 Å². The van der Waals surface area contributed by atoms with Gasteiger partial charge in [-0.15, -0.1) is 10.2 Å². The molecule has 4 rings (SSSR count). The van der Waals surface area contributed by atoms with Crippen LogP contribution in [0.5, 0.6) is 0 Å². The summed E-state index contributed by atoms with van der Waals surface area (Å²) >= 11 is 6.84. The largest absolute Gasteiger partial charge is 0.332 e. The SMILES string of the molecule is Cc1cc(-c2nn3c(C)nnc3s2)ccc1NC(=S)NC(=O)c1ccc(C(C)(C)C)cc1. The predicted molar refractivity (Wildman–Crippen MR) is 132 cm³/mol. The molecule has 0 saturated heterocycles. The first kappa shape index (κ1) is 22.0. The van der Waals surface area contributed by atoms with E-state index in [1.165, 1.54) is 16.9 Å². The number of fused-ring (bicyclic) bond motifs is 1. The van der Waals surface area contributed by atoms with Crippen molar-refractivity contribution in [2.75, 3.05) is 5.32 Å². The number of rotatable bonds is 3. The highest BCUT2D eigenvalue weighted by molar-refractivity contribution is 7.80. The van der Waals surface area contributed by atoms with Crippen LogP contribution in [-0.2, 0) is 5.41 Å². The quantitative estimate of drug-likeness (QED) is 0.420. The third kappa shape index (κ3) is 4.53. The first-order valence-corrected chi connectivity index (χ1v) is 11.4. The van der Waals surface area contributed by atoms with E-state index in [2.05, 4.69) is 46.7 Å². The lowest BCUT2D eigenvalue weighted by atomic mass is 9.87. The zero-order chi connectivity index (χ0) is 23.0. The maximum atomic E-state index is 12.6. The second kappa shape index (κ2) is 8.40. The number of carbonyl (C=O) groups is 1. The predicted octanol–water partition coefficient (Wildman–Crippen LogP) is 4.89. The fourth-order valence-electron chi connectivity index (χ4n) is 3.22. The van der Waals surface area contributed by atoms with Crippen LogP contribution in [0.1, 0.15) is 48.1 Å². The summed E-state index contributed by atoms with van der Waals surface area (Å²) in [7, 11) is 0. The smallest absolute Gasteiger partial charge is 0.257 e. The van der Waals surface area contributed by atoms with E-state index in [1.807, 2.05) is 56.3 Å². The molecule has 2 N–H and O–H groups in total. The lowest BCUT2D eigenvalue weighted by Gasteiger charge is -2.19. The van der Waals surface area contributed by atoms with Crippen molar-refractivity contribution in [3.63, 3.8) is 0 Å². The average molecular weight is 465 g/mol. The number of anilines is 1. The molecule has 0 unspecified atom stereocenters. The monoisotopic (exact) mass is 464 g/mol. The van der Waals surface area contributed by atoms with Crippen molar-refractivity contribution in [2.45, 2.75) is 40.0 Å². The van der Waals surface area contributed by atoms with Gasteiger partial charge in [0.25, 0.3) is 5.91 Å². The zero-order valence-corrected chi connectivity index (χ0v) is 20.2. The summed E-state index contributed by atoms with van der Waals surface area (Å²) in [5.41, 5.74) is 4.56. The van der Waals surface area contributed by atoms with Crippen LogP contribution in [0.15, 0.2) is 42.5 Å². The molecule has 4 aromatic rings. The van der Waals surface area contributed by atoms with Crippen LogP contribution in [-0.4, -0.2) is 30.8 Å². The molecule has 0 fully saturated rings. The van der Waals surface area contributed by atoms with Gasteiger partial charge in [-0.2, -0.15) is 9.61 Å². The van der Waals surface area contributed by atoms with Gasteiger partial charge >= 0.3 is 0 Å². The minimum atomic E-state index is -0.243. The normalized spacial score (nSPS) is 11.5. The Morgan fingerprint density at radius 2 is 1.78 bits per heavy atom. The molecule has 0 atom stereocenters. The van der Waals surface area contributed by atoms with Gasteiger partial charge in [-0.05, 0) is 72.9 Å². The van der Waals surface area contributed by atoms with Gasteiger partial charge in [-0.3, -0.25) is 10.1 Å². The van der Waals surface area contributed by atoms with Crippen molar-refractivity contribution in [2.24, 2.45) is 0 Å². The third-order valence-corrected chi connectivity index (χ3v) is 6.26. The zero-order valence-electron chi connectivity index (χ0n) is 18.6. The molecule has 0 saturated carbocycles. The molecule has 1 amide bonds. The van der Waals surface area contributed by atoms with Crippen molar-refractivity contribution in [1.29, 1.82) is 0 Å². The topological polar surface area (TPSA) is 84.2 Å². The van der Waals surface area contributed by atoms with Gasteiger partial charge in [0.1, 0.15) is 5.01 Å². The molecule has 164 valence electrons. The minimum Gasteiger partial charge on any atom is -0.332 e. The summed E-state index contributed by atoms with van der Waals surface area (Å²) < 4.78 is 1.74. The molecule has 0 aliphatic carbocycles. The number of benzene rings is 2. The number of thiocarbonyl (C=S) groups is 1. The second-order valence-corrected chi connectivity index (χ2v) is 9.98. The highest BCUT2D eigenvalue weighted by Gasteiger charge is 2.15. The number of hydrogen-bond donors (Lipinski definition) is 2. The molecule has 0 bridgehead atoms. The molecule has 0 aliphatic heterocycles. The van der Waals surface area contributed by atoms with Gasteiger partial charge in [0.05, 0.1) is 0 Å². The lowest BCUT2D eigenvalue weighted by molar-refractivity contribution is 0.0977. The molecule has 9 heteroatoms. The summed E-state index contributed by atoms with van der Waals surface area (Å²) in [4.78, 5) is 13.3. The Hall–Kier alpha value is -3.17. The summed E-state index contributed by atoms with van der Waals surface area (Å²) in [6, 6.07) is 13.5. The summed E-state index contributed by atoms with van der Waals surface area (Å²) in [5.74, 6) is 0.513. The molecule has 7 nitrogen and oxygen atoms in total. The van der Waals surface area contributed by atoms with Crippen molar-refractivity contribution in [3.8, 4) is 10.6 Å². The van der Waals surface area contributed by atoms with Crippen LogP contribution < -0.4 is 10.6 Å². The van der Waals surface area contributed by atoms with E-state index in [1.54, 1.807) is 4.52 Å². The Morgan fingerprint density at radius 3 is 2.41 bits per heavy atom. The maximum Gasteiger partial charge on any atom is 0.257 e. The number of carbonyl (C=O) groups excluding carboxylic acids is 1. The number of nitrogens with zero attached hydrogens (tertiary/aromatic N) is 4. The molecule has 2 aromatic heterocycles. The number of hydrogen-bond acceptors (Lipinski definition) is 6. The van der Waals surface area contributed by atoms with Gasteiger partial charge < -0.3 is 5.32 Å². The second-order valence-electron chi connectivity index (χ2n) is 8.61. The molecule has 0 radical (unpaired) electrons. The standard InChI is InChI=1S/C23H24N6OS2/c1-13-12-16(20-28-29-14(2)26-27-22(29)32-20)8-11-18(13)24-21(31)25-19(30)15-6-9-17(10-7-15)23(3,4)5/h6-12H,1-5H3,(H2,24,25,30,31). The Labute approximate surface area is 195 Å². The van der Waals surface area contributed by atoms with Crippen molar-refractivity contribution < 1.29 is 4.79 Å². The Bertz CT molecular complexity index is 1310. The Balaban J connectivity index is 1.43. The summed E-state index contributed by atoms with van der Waals surface area (Å²) in [6.07, 6.45) is 0. The molecule has 0 aliphatic rings. The minimum absolute atomic E-state index is 0.0359. The third-order valence-electron chi connectivity index (χ3n) is 5.11. The van der Waals surface area contributed by atoms with Gasteiger partial charge in [-0.1, -0.05) is 44.2 Å². The van der Waals surface area contributed by atoms with E-state index in [0.29, 0.717) is 5.56 Å². The Morgan fingerprint density at radius 1 is 1.06 bits per heavy atom. The first-order chi connectivity index (χ1) is 15.1. The number of aromatic nitrogens is 4. The van der Waals surface area contributed by atoms with E-state index in [4.69, 9.17) is 12.2 Å². The van der Waals surface area contributed by atoms with E-state index < -0.39 is 0 Å². The Kier molecular flexibility index (Phi) is 5.79. The molecule has 0 spiro atoms. The van der Waals surface area contributed by atoms with Gasteiger partial charge in [0, 0.05) is 16.8 Å². The van der Waals surface area contributed by atoms with Gasteiger partial charge in [0.15, 0.2) is 10.9 Å². The number of aryl methyl sites for hydroxylation is 2. The lowest BCUT2D eigenvalue weighted by Crippen LogP contribution is -2.34. The van der Waals surface area contributed by atoms with E-state index in [0.717, 1.165) is 32.6 Å². The molecule has 2 heterocycles. The molecular weight excluding hydrogens is 440 g/mol. The van der Waals surface area contributed by atoms with Crippen molar-refractivity contribution >= 4 is 45.2 Å². The molecule has 2 aromatic carbocycles. The summed E-state index contributed by atoms with van der Waals surface area (Å²) in [5, 5.41) is 19.7. The van der Waals surface area contributed by atoms with Gasteiger partial charge in [-0.25, -0.2) is 0 Å². The molecule has 32 heavy (non-hydrogen) atoms. The van der Waals surface area contributed by atoms with Crippen LogP contribution >= 0.6 is 23.6 Å². The average Bonchev–Trinajstić information content (AvgIpc) is 3.31. The highest BCUT2D eigenvalue weighted by Crippen LogP contribution is 2.28. The summed E-state index contributed by atoms with van der Waals surface area (Å²) in [6.45, 7) is 10.3. The first-order valence-electron chi connectivity index (χ1n) is 10.1. The van der Waals surface area contributed by atoms with Crippen LogP contribution in [0.4, 0.5) is 5.69 Å². The highest BCUT2D eigenvalue weighted by atomic mass is 32.1. The van der Waals surface area contributed by atoms with Crippen LogP contribution in [0.3, 0.4) is 0 Å². The van der Waals surface area contributed by atoms with E-state index in [9.17, 15) is 4.79 Å². The van der Waals surface area contributed by atoms with Crippen LogP contribution in [0.2, 0.25) is 0 Å². The number of nitrogens with one attached hydrogen (secondary N) is 2. The van der Waals surface area contributed by atoms with Crippen LogP contribution in [0, 0.1) is 13.8 Å². The van der Waals surface area contributed by atoms with Crippen molar-refractivity contribution in [1.82, 2.24) is 25.1 Å². The molecular formula is C23H24N6OS2. The van der Waals surface area contributed by atoms with E-state index in [-0.39, 0.29) is 16.4 Å². The van der Waals surface area contributed by atoms with E-state index >= 15 is 0 Å². The maximum absolute atomic E-state index is 12.6. The van der Waals surface area contributed by atoms with Gasteiger partial charge in [0.2, 0.25) is 4.96 Å².